The molecular weight excluding hydrogens is 292 g/mol. The van der Waals surface area contributed by atoms with Crippen LogP contribution in [0.1, 0.15) is 37.9 Å². The van der Waals surface area contributed by atoms with Gasteiger partial charge in [0.1, 0.15) is 5.76 Å². The van der Waals surface area contributed by atoms with Crippen LogP contribution in [0.15, 0.2) is 21.6 Å². The van der Waals surface area contributed by atoms with Crippen LogP contribution in [0, 0.1) is 5.41 Å². The number of furan rings is 1. The summed E-state index contributed by atoms with van der Waals surface area (Å²) in [4.78, 5) is 0. The zero-order chi connectivity index (χ0) is 15.3. The first-order valence-electron chi connectivity index (χ1n) is 7.35. The average molecular weight is 316 g/mol. The van der Waals surface area contributed by atoms with Gasteiger partial charge in [-0.3, -0.25) is 0 Å². The Labute approximate surface area is 126 Å². The topological polar surface area (TPSA) is 91.6 Å². The third kappa shape index (κ3) is 4.06. The number of aliphatic hydroxyl groups is 1. The summed E-state index contributed by atoms with van der Waals surface area (Å²) in [7, 11) is -2.17. The van der Waals surface area contributed by atoms with Crippen molar-refractivity contribution in [2.45, 2.75) is 43.7 Å². The van der Waals surface area contributed by atoms with E-state index in [2.05, 4.69) is 10.0 Å². The maximum atomic E-state index is 11.6. The molecule has 0 radical (unpaired) electrons. The Hall–Kier alpha value is -0.890. The Morgan fingerprint density at radius 2 is 2.00 bits per heavy atom. The minimum atomic E-state index is -3.52. The highest BCUT2D eigenvalue weighted by molar-refractivity contribution is 7.89. The molecule has 0 aromatic carbocycles. The van der Waals surface area contributed by atoms with Gasteiger partial charge in [-0.25, -0.2) is 13.1 Å². The summed E-state index contributed by atoms with van der Waals surface area (Å²) in [5, 5.41) is 12.8. The Morgan fingerprint density at radius 3 is 2.62 bits per heavy atom. The first kappa shape index (κ1) is 16.5. The Morgan fingerprint density at radius 1 is 1.29 bits per heavy atom. The van der Waals surface area contributed by atoms with Crippen molar-refractivity contribution in [2.24, 2.45) is 5.41 Å². The second kappa shape index (κ2) is 6.91. The number of hydrogen-bond acceptors (Lipinski definition) is 5. The molecule has 0 amide bonds. The highest BCUT2D eigenvalue weighted by atomic mass is 32.2. The molecule has 1 aliphatic carbocycles. The maximum absolute atomic E-state index is 11.6. The molecule has 2 rings (SSSR count). The number of hydrogen-bond donors (Lipinski definition) is 3. The first-order valence-corrected chi connectivity index (χ1v) is 8.83. The third-order valence-electron chi connectivity index (χ3n) is 4.22. The molecule has 1 saturated carbocycles. The van der Waals surface area contributed by atoms with Gasteiger partial charge in [-0.1, -0.05) is 19.3 Å². The van der Waals surface area contributed by atoms with Crippen molar-refractivity contribution in [1.29, 1.82) is 0 Å². The molecule has 120 valence electrons. The van der Waals surface area contributed by atoms with E-state index in [4.69, 9.17) is 4.42 Å². The van der Waals surface area contributed by atoms with E-state index >= 15 is 0 Å². The minimum Gasteiger partial charge on any atom is -0.447 e. The Bertz CT molecular complexity index is 547. The molecule has 1 aromatic heterocycles. The SMILES string of the molecule is CNS(=O)(=O)c1ccc(CNCC2(CO)CCCCC2)o1. The van der Waals surface area contributed by atoms with Crippen molar-refractivity contribution in [1.82, 2.24) is 10.0 Å². The van der Waals surface area contributed by atoms with Gasteiger partial charge >= 0.3 is 0 Å². The van der Waals surface area contributed by atoms with Gasteiger partial charge < -0.3 is 14.8 Å². The molecule has 0 spiro atoms. The van der Waals surface area contributed by atoms with Gasteiger partial charge in [0.15, 0.2) is 0 Å². The number of aliphatic hydroxyl groups excluding tert-OH is 1. The highest BCUT2D eigenvalue weighted by Crippen LogP contribution is 2.35. The maximum Gasteiger partial charge on any atom is 0.273 e. The van der Waals surface area contributed by atoms with Crippen LogP contribution < -0.4 is 10.0 Å². The lowest BCUT2D eigenvalue weighted by molar-refractivity contribution is 0.0805. The predicted octanol–water partition coefficient (Wildman–Crippen LogP) is 1.22. The quantitative estimate of drug-likeness (QED) is 0.703. The van der Waals surface area contributed by atoms with E-state index in [1.807, 2.05) is 0 Å². The molecule has 1 fully saturated rings. The summed E-state index contributed by atoms with van der Waals surface area (Å²) in [6.07, 6.45) is 5.63. The molecular formula is C14H24N2O4S. The molecule has 1 aliphatic rings. The average Bonchev–Trinajstić information content (AvgIpc) is 2.98. The van der Waals surface area contributed by atoms with Gasteiger partial charge in [0.05, 0.1) is 6.54 Å². The fourth-order valence-electron chi connectivity index (χ4n) is 2.84. The van der Waals surface area contributed by atoms with Crippen molar-refractivity contribution in [3.63, 3.8) is 0 Å². The summed E-state index contributed by atoms with van der Waals surface area (Å²) in [5.41, 5.74) is -0.0370. The van der Waals surface area contributed by atoms with Crippen LogP contribution in [-0.2, 0) is 16.6 Å². The third-order valence-corrected chi connectivity index (χ3v) is 5.51. The zero-order valence-corrected chi connectivity index (χ0v) is 13.2. The van der Waals surface area contributed by atoms with Crippen LogP contribution in [0.4, 0.5) is 0 Å². The van der Waals surface area contributed by atoms with E-state index in [9.17, 15) is 13.5 Å². The van der Waals surface area contributed by atoms with Crippen molar-refractivity contribution < 1.29 is 17.9 Å². The molecule has 7 heteroatoms. The van der Waals surface area contributed by atoms with Gasteiger partial charge in [0.2, 0.25) is 5.09 Å². The second-order valence-electron chi connectivity index (χ2n) is 5.75. The lowest BCUT2D eigenvalue weighted by atomic mass is 9.74. The van der Waals surface area contributed by atoms with Crippen molar-refractivity contribution in [3.05, 3.63) is 17.9 Å². The van der Waals surface area contributed by atoms with Gasteiger partial charge in [-0.15, -0.1) is 0 Å². The van der Waals surface area contributed by atoms with Crippen LogP contribution >= 0.6 is 0 Å². The van der Waals surface area contributed by atoms with Crippen molar-refractivity contribution in [3.8, 4) is 0 Å². The van der Waals surface area contributed by atoms with E-state index in [0.29, 0.717) is 12.3 Å². The summed E-state index contributed by atoms with van der Waals surface area (Å²) in [6, 6.07) is 3.11. The fourth-order valence-corrected chi connectivity index (χ4v) is 3.51. The van der Waals surface area contributed by atoms with Crippen LogP contribution in [0.2, 0.25) is 0 Å². The lowest BCUT2D eigenvalue weighted by Gasteiger charge is -2.35. The molecule has 0 unspecified atom stereocenters. The van der Waals surface area contributed by atoms with Crippen LogP contribution in [0.25, 0.3) is 0 Å². The Kier molecular flexibility index (Phi) is 5.43. The summed E-state index contributed by atoms with van der Waals surface area (Å²) >= 11 is 0. The van der Waals surface area contributed by atoms with Crippen molar-refractivity contribution in [2.75, 3.05) is 20.2 Å². The van der Waals surface area contributed by atoms with E-state index in [0.717, 1.165) is 32.2 Å². The van der Waals surface area contributed by atoms with Gasteiger partial charge in [0, 0.05) is 18.6 Å². The lowest BCUT2D eigenvalue weighted by Crippen LogP contribution is -2.38. The van der Waals surface area contributed by atoms with Crippen molar-refractivity contribution >= 4 is 10.0 Å². The van der Waals surface area contributed by atoms with Crippen LogP contribution in [0.5, 0.6) is 0 Å². The molecule has 1 aromatic rings. The number of nitrogens with one attached hydrogen (secondary N) is 2. The minimum absolute atomic E-state index is 0.0370. The smallest absolute Gasteiger partial charge is 0.273 e. The normalized spacial score (nSPS) is 18.8. The summed E-state index contributed by atoms with van der Waals surface area (Å²) in [6.45, 7) is 1.37. The van der Waals surface area contributed by atoms with Gasteiger partial charge in [-0.05, 0) is 32.0 Å². The van der Waals surface area contributed by atoms with E-state index < -0.39 is 10.0 Å². The number of sulfonamides is 1. The van der Waals surface area contributed by atoms with Crippen LogP contribution in [0.3, 0.4) is 0 Å². The molecule has 0 saturated heterocycles. The molecule has 0 atom stereocenters. The largest absolute Gasteiger partial charge is 0.447 e. The van der Waals surface area contributed by atoms with E-state index in [1.165, 1.54) is 19.5 Å². The summed E-state index contributed by atoms with van der Waals surface area (Å²) < 4.78 is 30.7. The van der Waals surface area contributed by atoms with Gasteiger partial charge in [-0.2, -0.15) is 0 Å². The summed E-state index contributed by atoms with van der Waals surface area (Å²) in [5.74, 6) is 0.577. The first-order chi connectivity index (χ1) is 10.0. The van der Waals surface area contributed by atoms with Crippen LogP contribution in [-0.4, -0.2) is 33.7 Å². The number of rotatable bonds is 7. The standard InChI is InChI=1S/C14H24N2O4S/c1-15-21(18,19)13-6-5-12(20-13)9-16-10-14(11-17)7-3-2-4-8-14/h5-6,15-17H,2-4,7-11H2,1H3. The van der Waals surface area contributed by atoms with E-state index in [1.54, 1.807) is 6.07 Å². The Balaban J connectivity index is 1.89. The molecule has 0 aliphatic heterocycles. The second-order valence-corrected chi connectivity index (χ2v) is 7.57. The predicted molar refractivity (Wildman–Crippen MR) is 79.3 cm³/mol. The van der Waals surface area contributed by atoms with E-state index in [-0.39, 0.29) is 17.1 Å². The van der Waals surface area contributed by atoms with Gasteiger partial charge in [0.25, 0.3) is 10.0 Å². The molecule has 3 N–H and O–H groups in total. The molecule has 1 heterocycles. The molecule has 21 heavy (non-hydrogen) atoms. The zero-order valence-electron chi connectivity index (χ0n) is 12.4. The monoisotopic (exact) mass is 316 g/mol. The molecule has 0 bridgehead atoms. The fraction of sp³-hybridized carbons (Fsp3) is 0.714. The molecule has 6 nitrogen and oxygen atoms in total. The highest BCUT2D eigenvalue weighted by Gasteiger charge is 2.30.